The minimum absolute atomic E-state index is 0.0632. The molecular weight excluding hydrogens is 758 g/mol. The molecule has 1 unspecified atom stereocenters. The largest absolute Gasteiger partial charge is 0.465 e. The number of hydrogen-bond acceptors (Lipinski definition) is 17. The summed E-state index contributed by atoms with van der Waals surface area (Å²) in [5, 5.41) is 7.86. The Hall–Kier alpha value is -5.62. The minimum Gasteiger partial charge on any atom is -0.465 e. The Labute approximate surface area is 328 Å². The third-order valence-electron chi connectivity index (χ3n) is 8.19. The molecule has 20 heteroatoms. The van der Waals surface area contributed by atoms with Gasteiger partial charge in [-0.25, -0.2) is 4.79 Å². The van der Waals surface area contributed by atoms with E-state index in [1.807, 2.05) is 0 Å². The summed E-state index contributed by atoms with van der Waals surface area (Å²) in [6.07, 6.45) is -2.09. The smallest absolute Gasteiger partial charge is 0.366 e. The van der Waals surface area contributed by atoms with Crippen LogP contribution < -0.4 is 16.0 Å². The van der Waals surface area contributed by atoms with Crippen molar-refractivity contribution in [1.29, 1.82) is 0 Å². The first kappa shape index (κ1) is 45.8. The lowest BCUT2D eigenvalue weighted by Crippen LogP contribution is -2.70. The van der Waals surface area contributed by atoms with Crippen LogP contribution in [-0.4, -0.2) is 137 Å². The fraction of sp³-hybridized carbons (Fsp3) is 0.568. The molecule has 3 N–H and O–H groups in total. The lowest BCUT2D eigenvalue weighted by Gasteiger charge is -2.48. The topological polar surface area (TPSA) is 256 Å². The van der Waals surface area contributed by atoms with Crippen LogP contribution in [0.25, 0.3) is 0 Å². The SMILES string of the molecule is C#CCOCCOCCO[C@]1(C(=O)OC)C[C@H](OC(C)=O)[C@@H](NC(=O)COC(C)=O)[C@H](C(OC(C)=O)[C@@H](CNC(=O)Cc2ccc3c(c2)NC(=O)C3)OC(C)=O)O1. The maximum atomic E-state index is 13.6. The van der Waals surface area contributed by atoms with Crippen LogP contribution in [0.3, 0.4) is 0 Å². The lowest BCUT2D eigenvalue weighted by molar-refractivity contribution is -0.315. The molecule has 57 heavy (non-hydrogen) atoms. The molecular formula is C37H47N3O17. The fourth-order valence-electron chi connectivity index (χ4n) is 5.99. The van der Waals surface area contributed by atoms with E-state index in [1.165, 1.54) is 0 Å². The monoisotopic (exact) mass is 805 g/mol. The van der Waals surface area contributed by atoms with E-state index in [0.717, 1.165) is 40.4 Å². The number of carbonyl (C=O) groups excluding carboxylic acids is 8. The summed E-state index contributed by atoms with van der Waals surface area (Å²) in [6.45, 7) is 2.69. The summed E-state index contributed by atoms with van der Waals surface area (Å²) in [7, 11) is 1.02. The van der Waals surface area contributed by atoms with Gasteiger partial charge < -0.3 is 58.6 Å². The molecule has 0 radical (unpaired) electrons. The number of ether oxygens (including phenoxy) is 9. The second-order valence-corrected chi connectivity index (χ2v) is 12.7. The van der Waals surface area contributed by atoms with Gasteiger partial charge >= 0.3 is 29.8 Å². The quantitative estimate of drug-likeness (QED) is 0.0584. The van der Waals surface area contributed by atoms with Crippen molar-refractivity contribution in [3.63, 3.8) is 0 Å². The number of benzene rings is 1. The van der Waals surface area contributed by atoms with Crippen LogP contribution in [0.2, 0.25) is 0 Å². The van der Waals surface area contributed by atoms with Crippen molar-refractivity contribution in [2.24, 2.45) is 0 Å². The van der Waals surface area contributed by atoms with Gasteiger partial charge in [-0.3, -0.25) is 33.6 Å². The molecule has 6 atom stereocenters. The number of carbonyl (C=O) groups is 8. The highest BCUT2D eigenvalue weighted by Gasteiger charge is 2.59. The molecule has 0 saturated carbocycles. The van der Waals surface area contributed by atoms with Crippen LogP contribution in [0.5, 0.6) is 0 Å². The van der Waals surface area contributed by atoms with Gasteiger partial charge in [-0.05, 0) is 17.2 Å². The van der Waals surface area contributed by atoms with Crippen LogP contribution >= 0.6 is 0 Å². The van der Waals surface area contributed by atoms with Gasteiger partial charge in [0.1, 0.15) is 18.8 Å². The number of amides is 3. The van der Waals surface area contributed by atoms with Gasteiger partial charge in [0.2, 0.25) is 11.8 Å². The Morgan fingerprint density at radius 3 is 2.30 bits per heavy atom. The van der Waals surface area contributed by atoms with Gasteiger partial charge in [0.15, 0.2) is 18.8 Å². The highest BCUT2D eigenvalue weighted by Crippen LogP contribution is 2.37. The molecule has 0 spiro atoms. The second kappa shape index (κ2) is 22.2. The van der Waals surface area contributed by atoms with Gasteiger partial charge in [0, 0.05) is 33.4 Å². The molecule has 312 valence electrons. The Morgan fingerprint density at radius 2 is 1.65 bits per heavy atom. The molecule has 3 amide bonds. The van der Waals surface area contributed by atoms with Crippen molar-refractivity contribution in [3.05, 3.63) is 29.3 Å². The summed E-state index contributed by atoms with van der Waals surface area (Å²) in [4.78, 5) is 101. The number of esters is 5. The molecule has 2 aliphatic rings. The predicted octanol–water partition coefficient (Wildman–Crippen LogP) is -0.976. The Bertz CT molecular complexity index is 1690. The molecule has 1 fully saturated rings. The average Bonchev–Trinajstić information content (AvgIpc) is 3.52. The first-order chi connectivity index (χ1) is 27.1. The molecule has 1 saturated heterocycles. The minimum atomic E-state index is -2.44. The molecule has 1 aromatic rings. The molecule has 20 nitrogen and oxygen atoms in total. The summed E-state index contributed by atoms with van der Waals surface area (Å²) in [6, 6.07) is 3.50. The summed E-state index contributed by atoms with van der Waals surface area (Å²) in [5.41, 5.74) is 1.87. The molecule has 2 heterocycles. The van der Waals surface area contributed by atoms with E-state index in [-0.39, 0.29) is 51.8 Å². The van der Waals surface area contributed by atoms with Crippen molar-refractivity contribution in [2.75, 3.05) is 58.6 Å². The van der Waals surface area contributed by atoms with Crippen LogP contribution in [0.1, 0.15) is 45.2 Å². The number of rotatable bonds is 21. The summed E-state index contributed by atoms with van der Waals surface area (Å²) >= 11 is 0. The van der Waals surface area contributed by atoms with Crippen molar-refractivity contribution >= 4 is 53.3 Å². The lowest BCUT2D eigenvalue weighted by atomic mass is 9.87. The highest BCUT2D eigenvalue weighted by atomic mass is 16.7. The predicted molar refractivity (Wildman–Crippen MR) is 191 cm³/mol. The van der Waals surface area contributed by atoms with E-state index in [2.05, 4.69) is 21.9 Å². The highest BCUT2D eigenvalue weighted by molar-refractivity contribution is 5.99. The van der Waals surface area contributed by atoms with Gasteiger partial charge in [-0.15, -0.1) is 6.42 Å². The van der Waals surface area contributed by atoms with Crippen LogP contribution in [0.15, 0.2) is 18.2 Å². The van der Waals surface area contributed by atoms with E-state index in [1.54, 1.807) is 18.2 Å². The number of methoxy groups -OCH3 is 1. The van der Waals surface area contributed by atoms with Crippen molar-refractivity contribution in [3.8, 4) is 12.3 Å². The maximum Gasteiger partial charge on any atom is 0.366 e. The first-order valence-corrected chi connectivity index (χ1v) is 17.7. The van der Waals surface area contributed by atoms with E-state index >= 15 is 0 Å². The van der Waals surface area contributed by atoms with E-state index in [4.69, 9.17) is 49.1 Å². The molecule has 2 aliphatic heterocycles. The van der Waals surface area contributed by atoms with Crippen molar-refractivity contribution < 1.29 is 81.0 Å². The van der Waals surface area contributed by atoms with Crippen LogP contribution in [0, 0.1) is 12.3 Å². The number of anilines is 1. The molecule has 0 aromatic heterocycles. The number of fused-ring (bicyclic) bond motifs is 1. The van der Waals surface area contributed by atoms with Crippen molar-refractivity contribution in [2.45, 2.75) is 83.2 Å². The van der Waals surface area contributed by atoms with E-state index in [0.29, 0.717) is 11.3 Å². The van der Waals surface area contributed by atoms with E-state index < -0.39 is 97.5 Å². The molecule has 1 aromatic carbocycles. The maximum absolute atomic E-state index is 13.6. The van der Waals surface area contributed by atoms with E-state index in [9.17, 15) is 38.4 Å². The Morgan fingerprint density at radius 1 is 0.947 bits per heavy atom. The third-order valence-corrected chi connectivity index (χ3v) is 8.19. The fourth-order valence-corrected chi connectivity index (χ4v) is 5.99. The standard InChI is InChI=1S/C37H47N3O17/c1-7-10-50-11-12-51-13-14-53-37(36(48)49-6)18-28(54-22(3)42)33(40-32(47)20-52-21(2)41)35(57-37)34(56-24(5)44)29(55-23(4)43)19-38-30(45)16-25-8-9-26-17-31(46)39-27(26)15-25/h1,8-9,15,28-29,33-35H,10-14,16-20H2,2-6H3,(H,38,45)(H,39,46)(H,40,47)/t28-,29+,33+,34?,35+,37+/m0/s1. The summed E-state index contributed by atoms with van der Waals surface area (Å²) in [5.74, 6) is -6.51. The van der Waals surface area contributed by atoms with Crippen molar-refractivity contribution in [1.82, 2.24) is 10.6 Å². The first-order valence-electron chi connectivity index (χ1n) is 17.7. The zero-order valence-electron chi connectivity index (χ0n) is 32.2. The van der Waals surface area contributed by atoms with Crippen LogP contribution in [0.4, 0.5) is 5.69 Å². The Balaban J connectivity index is 2.02. The number of terminal acetylenes is 1. The number of hydrogen-bond donors (Lipinski definition) is 3. The zero-order valence-corrected chi connectivity index (χ0v) is 32.2. The summed E-state index contributed by atoms with van der Waals surface area (Å²) < 4.78 is 49.5. The second-order valence-electron chi connectivity index (χ2n) is 12.7. The van der Waals surface area contributed by atoms with Gasteiger partial charge in [-0.2, -0.15) is 0 Å². The average molecular weight is 806 g/mol. The molecule has 0 aliphatic carbocycles. The van der Waals surface area contributed by atoms with Gasteiger partial charge in [-0.1, -0.05) is 18.1 Å². The molecule has 0 bridgehead atoms. The third kappa shape index (κ3) is 14.4. The number of nitrogens with one attached hydrogen (secondary N) is 3. The molecule has 3 rings (SSSR count). The van der Waals surface area contributed by atoms with Crippen LogP contribution in [-0.2, 0) is 93.8 Å². The zero-order chi connectivity index (χ0) is 42.1. The van der Waals surface area contributed by atoms with Gasteiger partial charge in [0.05, 0.1) is 65.4 Å². The Kier molecular flexibility index (Phi) is 17.8. The normalized spacial score (nSPS) is 20.6. The van der Waals surface area contributed by atoms with Gasteiger partial charge in [0.25, 0.3) is 11.7 Å².